The van der Waals surface area contributed by atoms with Crippen molar-refractivity contribution in [2.24, 2.45) is 5.92 Å². The van der Waals surface area contributed by atoms with E-state index < -0.39 is 0 Å². The van der Waals surface area contributed by atoms with Crippen LogP contribution in [0, 0.1) is 12.8 Å². The number of halogens is 1. The number of anilines is 2. The molecule has 0 aliphatic carbocycles. The van der Waals surface area contributed by atoms with Gasteiger partial charge in [0.1, 0.15) is 5.75 Å². The van der Waals surface area contributed by atoms with Crippen molar-refractivity contribution in [3.05, 3.63) is 65.4 Å². The standard InChI is InChI=1S/C28H31ClN6O3/c1-19-15-30-27(31-16-19)20-2-5-23(6-3-20)34-10-12-35(13-11-34)26(37)18-33-9-8-21(17-33)28(38)32-22-4-7-25(36)24(29)14-22/h2-7,14-16,21,36H,8-13,17-18H2,1H3,(H,32,38)/t21-/m1/s1. The van der Waals surface area contributed by atoms with Gasteiger partial charge in [-0.15, -0.1) is 0 Å². The SMILES string of the molecule is Cc1cnc(-c2ccc(N3CCN(C(=O)CN4CC[C@@H](C(=O)Nc5ccc(O)c(Cl)c5)C4)CC3)cc2)nc1. The highest BCUT2D eigenvalue weighted by atomic mass is 35.5. The Morgan fingerprint density at radius 2 is 1.74 bits per heavy atom. The average Bonchev–Trinajstić information content (AvgIpc) is 3.40. The molecular weight excluding hydrogens is 504 g/mol. The maximum atomic E-state index is 13.0. The number of hydrogen-bond acceptors (Lipinski definition) is 7. The van der Waals surface area contributed by atoms with Crippen LogP contribution in [0.4, 0.5) is 11.4 Å². The molecule has 3 aromatic rings. The largest absolute Gasteiger partial charge is 0.506 e. The molecule has 198 valence electrons. The van der Waals surface area contributed by atoms with Crippen LogP contribution in [0.5, 0.6) is 5.75 Å². The monoisotopic (exact) mass is 534 g/mol. The Kier molecular flexibility index (Phi) is 7.76. The molecule has 0 spiro atoms. The molecule has 2 saturated heterocycles. The van der Waals surface area contributed by atoms with Crippen LogP contribution in [0.2, 0.25) is 5.02 Å². The minimum absolute atomic E-state index is 0.0258. The quantitative estimate of drug-likeness (QED) is 0.467. The predicted molar refractivity (Wildman–Crippen MR) is 147 cm³/mol. The topological polar surface area (TPSA) is 102 Å². The molecule has 0 saturated carbocycles. The van der Waals surface area contributed by atoms with Crippen molar-refractivity contribution in [2.75, 3.05) is 56.0 Å². The Bertz CT molecular complexity index is 1290. The number of likely N-dealkylation sites (tertiary alicyclic amines) is 1. The summed E-state index contributed by atoms with van der Waals surface area (Å²) in [6.07, 6.45) is 4.33. The zero-order valence-electron chi connectivity index (χ0n) is 21.3. The van der Waals surface area contributed by atoms with Gasteiger partial charge in [-0.05, 0) is 67.9 Å². The second kappa shape index (κ2) is 11.4. The molecule has 0 bridgehead atoms. The fraction of sp³-hybridized carbons (Fsp3) is 0.357. The highest BCUT2D eigenvalue weighted by Gasteiger charge is 2.31. The zero-order valence-corrected chi connectivity index (χ0v) is 22.1. The number of aromatic hydroxyl groups is 1. The molecule has 2 amide bonds. The summed E-state index contributed by atoms with van der Waals surface area (Å²) in [6.45, 7) is 6.41. The van der Waals surface area contributed by atoms with E-state index in [1.807, 2.05) is 36.4 Å². The van der Waals surface area contributed by atoms with E-state index in [0.717, 1.165) is 29.9 Å². The number of hydrogen-bond donors (Lipinski definition) is 2. The van der Waals surface area contributed by atoms with Gasteiger partial charge in [0.05, 0.1) is 17.5 Å². The summed E-state index contributed by atoms with van der Waals surface area (Å²) in [7, 11) is 0. The second-order valence-electron chi connectivity index (χ2n) is 9.87. The lowest BCUT2D eigenvalue weighted by atomic mass is 10.1. The van der Waals surface area contributed by atoms with Gasteiger partial charge in [-0.25, -0.2) is 9.97 Å². The summed E-state index contributed by atoms with van der Waals surface area (Å²) in [5, 5.41) is 12.6. The third-order valence-corrected chi connectivity index (χ3v) is 7.42. The molecule has 2 aliphatic rings. The summed E-state index contributed by atoms with van der Waals surface area (Å²) >= 11 is 5.93. The number of rotatable bonds is 6. The van der Waals surface area contributed by atoms with Crippen LogP contribution in [0.1, 0.15) is 12.0 Å². The maximum absolute atomic E-state index is 13.0. The molecule has 2 fully saturated rings. The number of phenolic OH excluding ortho intramolecular Hbond substituents is 1. The molecule has 10 heteroatoms. The number of nitrogens with one attached hydrogen (secondary N) is 1. The minimum atomic E-state index is -0.194. The summed E-state index contributed by atoms with van der Waals surface area (Å²) in [4.78, 5) is 40.7. The van der Waals surface area contributed by atoms with E-state index in [1.54, 1.807) is 6.07 Å². The van der Waals surface area contributed by atoms with Crippen LogP contribution in [-0.4, -0.2) is 82.5 Å². The number of amides is 2. The van der Waals surface area contributed by atoms with Gasteiger partial charge in [0.25, 0.3) is 0 Å². The molecular formula is C28H31ClN6O3. The van der Waals surface area contributed by atoms with E-state index in [2.05, 4.69) is 37.2 Å². The van der Waals surface area contributed by atoms with Crippen molar-refractivity contribution in [1.82, 2.24) is 19.8 Å². The smallest absolute Gasteiger partial charge is 0.236 e. The van der Waals surface area contributed by atoms with Gasteiger partial charge in [0.2, 0.25) is 11.8 Å². The molecule has 5 rings (SSSR count). The van der Waals surface area contributed by atoms with Crippen LogP contribution in [0.15, 0.2) is 54.9 Å². The van der Waals surface area contributed by atoms with Crippen LogP contribution < -0.4 is 10.2 Å². The number of phenols is 1. The van der Waals surface area contributed by atoms with E-state index in [4.69, 9.17) is 11.6 Å². The Balaban J connectivity index is 1.07. The summed E-state index contributed by atoms with van der Waals surface area (Å²) in [5.74, 6) is 0.491. The second-order valence-corrected chi connectivity index (χ2v) is 10.3. The predicted octanol–water partition coefficient (Wildman–Crippen LogP) is 3.42. The third kappa shape index (κ3) is 6.06. The minimum Gasteiger partial charge on any atom is -0.506 e. The van der Waals surface area contributed by atoms with E-state index >= 15 is 0 Å². The first-order valence-electron chi connectivity index (χ1n) is 12.8. The Hall–Kier alpha value is -3.69. The first-order valence-corrected chi connectivity index (χ1v) is 13.2. The molecule has 9 nitrogen and oxygen atoms in total. The van der Waals surface area contributed by atoms with Crippen molar-refractivity contribution in [1.29, 1.82) is 0 Å². The normalized spacial score (nSPS) is 18.0. The van der Waals surface area contributed by atoms with Crippen molar-refractivity contribution >= 4 is 34.8 Å². The summed E-state index contributed by atoms with van der Waals surface area (Å²) in [5.41, 5.74) is 3.68. The van der Waals surface area contributed by atoms with Gasteiger partial charge >= 0.3 is 0 Å². The van der Waals surface area contributed by atoms with Crippen molar-refractivity contribution in [3.63, 3.8) is 0 Å². The summed E-state index contributed by atoms with van der Waals surface area (Å²) < 4.78 is 0. The van der Waals surface area contributed by atoms with E-state index in [-0.39, 0.29) is 28.5 Å². The molecule has 1 atom stereocenters. The lowest BCUT2D eigenvalue weighted by Crippen LogP contribution is -2.51. The number of aryl methyl sites for hydroxylation is 1. The molecule has 2 aromatic carbocycles. The van der Waals surface area contributed by atoms with Crippen LogP contribution in [-0.2, 0) is 9.59 Å². The number of benzene rings is 2. The van der Waals surface area contributed by atoms with Crippen molar-refractivity contribution in [3.8, 4) is 17.1 Å². The van der Waals surface area contributed by atoms with E-state index in [9.17, 15) is 14.7 Å². The fourth-order valence-corrected chi connectivity index (χ4v) is 5.07. The molecule has 3 heterocycles. The molecule has 38 heavy (non-hydrogen) atoms. The molecule has 0 unspecified atom stereocenters. The van der Waals surface area contributed by atoms with Crippen LogP contribution in [0.3, 0.4) is 0 Å². The lowest BCUT2D eigenvalue weighted by molar-refractivity contribution is -0.132. The maximum Gasteiger partial charge on any atom is 0.236 e. The number of aromatic nitrogens is 2. The first-order chi connectivity index (χ1) is 18.4. The van der Waals surface area contributed by atoms with Crippen molar-refractivity contribution < 1.29 is 14.7 Å². The van der Waals surface area contributed by atoms with Crippen molar-refractivity contribution in [2.45, 2.75) is 13.3 Å². The van der Waals surface area contributed by atoms with Gasteiger partial charge in [-0.3, -0.25) is 14.5 Å². The zero-order chi connectivity index (χ0) is 26.6. The molecule has 2 aliphatic heterocycles. The first kappa shape index (κ1) is 25.9. The van der Waals surface area contributed by atoms with E-state index in [0.29, 0.717) is 50.7 Å². The molecule has 2 N–H and O–H groups in total. The number of piperazine rings is 1. The van der Waals surface area contributed by atoms with Gasteiger partial charge < -0.3 is 20.2 Å². The highest BCUT2D eigenvalue weighted by Crippen LogP contribution is 2.27. The van der Waals surface area contributed by atoms with Crippen LogP contribution in [0.25, 0.3) is 11.4 Å². The van der Waals surface area contributed by atoms with E-state index in [1.165, 1.54) is 12.1 Å². The molecule has 0 radical (unpaired) electrons. The number of carbonyl (C=O) groups excluding carboxylic acids is 2. The Labute approximate surface area is 227 Å². The number of carbonyl (C=O) groups is 2. The highest BCUT2D eigenvalue weighted by molar-refractivity contribution is 6.32. The van der Waals surface area contributed by atoms with Gasteiger partial charge in [-0.1, -0.05) is 11.6 Å². The molecule has 1 aromatic heterocycles. The van der Waals surface area contributed by atoms with Gasteiger partial charge in [0, 0.05) is 62.1 Å². The fourth-order valence-electron chi connectivity index (χ4n) is 4.89. The third-order valence-electron chi connectivity index (χ3n) is 7.12. The average molecular weight is 535 g/mol. The lowest BCUT2D eigenvalue weighted by Gasteiger charge is -2.36. The van der Waals surface area contributed by atoms with Crippen LogP contribution >= 0.6 is 11.6 Å². The Morgan fingerprint density at radius 1 is 1.03 bits per heavy atom. The number of nitrogens with zero attached hydrogens (tertiary/aromatic N) is 5. The Morgan fingerprint density at radius 3 is 2.42 bits per heavy atom. The van der Waals surface area contributed by atoms with Gasteiger partial charge in [0.15, 0.2) is 5.82 Å². The van der Waals surface area contributed by atoms with Gasteiger partial charge in [-0.2, -0.15) is 0 Å². The summed E-state index contributed by atoms with van der Waals surface area (Å²) in [6, 6.07) is 12.8.